The van der Waals surface area contributed by atoms with E-state index in [4.69, 9.17) is 10.5 Å². The molecule has 0 radical (unpaired) electrons. The van der Waals surface area contributed by atoms with Gasteiger partial charge in [-0.05, 0) is 29.9 Å². The molecule has 0 heterocycles. The number of methoxy groups -OCH3 is 1. The molecular weight excluding hydrogens is 252 g/mol. The second-order valence-corrected chi connectivity index (χ2v) is 5.57. The van der Waals surface area contributed by atoms with Crippen LogP contribution in [0.2, 0.25) is 0 Å². The minimum Gasteiger partial charge on any atom is -0.396 e. The van der Waals surface area contributed by atoms with Crippen molar-refractivity contribution in [2.24, 2.45) is 11.7 Å². The zero-order valence-corrected chi connectivity index (χ0v) is 12.2. The number of benzene rings is 1. The van der Waals surface area contributed by atoms with Gasteiger partial charge < -0.3 is 20.9 Å². The van der Waals surface area contributed by atoms with Crippen LogP contribution in [0.1, 0.15) is 36.4 Å². The first-order valence-electron chi connectivity index (χ1n) is 7.43. The van der Waals surface area contributed by atoms with Gasteiger partial charge in [0.2, 0.25) is 0 Å². The maximum Gasteiger partial charge on any atom is 0.0716 e. The van der Waals surface area contributed by atoms with Crippen molar-refractivity contribution in [1.82, 2.24) is 5.32 Å². The van der Waals surface area contributed by atoms with Crippen LogP contribution in [0.15, 0.2) is 24.3 Å². The standard InChI is InChI=1S/C16H26N2O2/c1-20-11-13-5-2-3-7-14(13)16(9-17)18-15-8-4-6-12(15)10-19/h2-3,5,7,12,15-16,18-19H,4,6,8-11,17H2,1H3. The normalized spacial score (nSPS) is 23.9. The molecule has 1 aliphatic carbocycles. The molecule has 4 nitrogen and oxygen atoms in total. The van der Waals surface area contributed by atoms with Gasteiger partial charge in [0.25, 0.3) is 0 Å². The van der Waals surface area contributed by atoms with Crippen LogP contribution in [0.3, 0.4) is 0 Å². The molecule has 0 bridgehead atoms. The predicted octanol–water partition coefficient (Wildman–Crippen LogP) is 1.58. The van der Waals surface area contributed by atoms with Gasteiger partial charge in [-0.1, -0.05) is 30.7 Å². The maximum absolute atomic E-state index is 9.44. The predicted molar refractivity (Wildman–Crippen MR) is 80.3 cm³/mol. The molecule has 1 fully saturated rings. The monoisotopic (exact) mass is 278 g/mol. The summed E-state index contributed by atoms with van der Waals surface area (Å²) in [7, 11) is 1.71. The van der Waals surface area contributed by atoms with Crippen LogP contribution in [0, 0.1) is 5.92 Å². The van der Waals surface area contributed by atoms with Gasteiger partial charge in [0.1, 0.15) is 0 Å². The van der Waals surface area contributed by atoms with E-state index < -0.39 is 0 Å². The number of hydrogen-bond donors (Lipinski definition) is 3. The van der Waals surface area contributed by atoms with Crippen LogP contribution in [0.25, 0.3) is 0 Å². The van der Waals surface area contributed by atoms with E-state index in [2.05, 4.69) is 17.4 Å². The van der Waals surface area contributed by atoms with Crippen LogP contribution in [-0.4, -0.2) is 31.4 Å². The summed E-state index contributed by atoms with van der Waals surface area (Å²) in [4.78, 5) is 0. The summed E-state index contributed by atoms with van der Waals surface area (Å²) in [6.45, 7) is 1.41. The van der Waals surface area contributed by atoms with E-state index in [1.807, 2.05) is 12.1 Å². The van der Waals surface area contributed by atoms with Gasteiger partial charge in [-0.15, -0.1) is 0 Å². The molecule has 1 aromatic rings. The SMILES string of the molecule is COCc1ccccc1C(CN)NC1CCCC1CO. The van der Waals surface area contributed by atoms with Crippen molar-refractivity contribution in [3.05, 3.63) is 35.4 Å². The molecule has 2 rings (SSSR count). The van der Waals surface area contributed by atoms with E-state index in [0.29, 0.717) is 25.1 Å². The topological polar surface area (TPSA) is 67.5 Å². The van der Waals surface area contributed by atoms with Gasteiger partial charge in [-0.25, -0.2) is 0 Å². The molecule has 112 valence electrons. The quantitative estimate of drug-likeness (QED) is 0.708. The van der Waals surface area contributed by atoms with Crippen molar-refractivity contribution in [2.75, 3.05) is 20.3 Å². The number of nitrogens with one attached hydrogen (secondary N) is 1. The molecule has 1 aromatic carbocycles. The maximum atomic E-state index is 9.44. The average molecular weight is 278 g/mol. The van der Waals surface area contributed by atoms with Crippen molar-refractivity contribution in [2.45, 2.75) is 38.0 Å². The number of aliphatic hydroxyl groups is 1. The summed E-state index contributed by atoms with van der Waals surface area (Å²) in [5.74, 6) is 0.360. The van der Waals surface area contributed by atoms with Crippen LogP contribution < -0.4 is 11.1 Å². The molecule has 0 spiro atoms. The lowest BCUT2D eigenvalue weighted by atomic mass is 9.97. The minimum atomic E-state index is 0.124. The number of nitrogens with two attached hydrogens (primary N) is 1. The Hall–Kier alpha value is -0.940. The lowest BCUT2D eigenvalue weighted by Crippen LogP contribution is -2.40. The molecule has 3 atom stereocenters. The van der Waals surface area contributed by atoms with Crippen LogP contribution in [-0.2, 0) is 11.3 Å². The Bertz CT molecular complexity index is 411. The van der Waals surface area contributed by atoms with Crippen molar-refractivity contribution in [3.8, 4) is 0 Å². The van der Waals surface area contributed by atoms with Crippen molar-refractivity contribution in [1.29, 1.82) is 0 Å². The Labute approximate surface area is 121 Å². The molecule has 0 aliphatic heterocycles. The van der Waals surface area contributed by atoms with Crippen molar-refractivity contribution in [3.63, 3.8) is 0 Å². The lowest BCUT2D eigenvalue weighted by molar-refractivity contribution is 0.182. The first kappa shape index (κ1) is 15.4. The van der Waals surface area contributed by atoms with E-state index in [-0.39, 0.29) is 12.6 Å². The Morgan fingerprint density at radius 2 is 2.20 bits per heavy atom. The summed E-state index contributed by atoms with van der Waals surface area (Å²) in [6.07, 6.45) is 3.40. The molecule has 1 saturated carbocycles. The summed E-state index contributed by atoms with van der Waals surface area (Å²) in [5, 5.41) is 13.1. The van der Waals surface area contributed by atoms with Crippen molar-refractivity contribution < 1.29 is 9.84 Å². The van der Waals surface area contributed by atoms with E-state index >= 15 is 0 Å². The van der Waals surface area contributed by atoms with Gasteiger partial charge in [0, 0.05) is 32.3 Å². The first-order chi connectivity index (χ1) is 9.80. The summed E-state index contributed by atoms with van der Waals surface area (Å²) >= 11 is 0. The smallest absolute Gasteiger partial charge is 0.0716 e. The third kappa shape index (κ3) is 3.58. The van der Waals surface area contributed by atoms with E-state index in [9.17, 15) is 5.11 Å². The molecule has 4 N–H and O–H groups in total. The fourth-order valence-electron chi connectivity index (χ4n) is 3.18. The van der Waals surface area contributed by atoms with Gasteiger partial charge in [-0.2, -0.15) is 0 Å². The Morgan fingerprint density at radius 1 is 1.40 bits per heavy atom. The molecular formula is C16H26N2O2. The second kappa shape index (κ2) is 7.74. The molecule has 1 aliphatic rings. The lowest BCUT2D eigenvalue weighted by Gasteiger charge is -2.27. The Morgan fingerprint density at radius 3 is 2.90 bits per heavy atom. The third-order valence-corrected chi connectivity index (χ3v) is 4.27. The number of rotatable bonds is 7. The van der Waals surface area contributed by atoms with Crippen LogP contribution >= 0.6 is 0 Å². The van der Waals surface area contributed by atoms with Crippen molar-refractivity contribution >= 4 is 0 Å². The van der Waals surface area contributed by atoms with Gasteiger partial charge in [0.05, 0.1) is 6.61 Å². The second-order valence-electron chi connectivity index (χ2n) is 5.57. The fraction of sp³-hybridized carbons (Fsp3) is 0.625. The van der Waals surface area contributed by atoms with E-state index in [1.54, 1.807) is 7.11 Å². The summed E-state index contributed by atoms with van der Waals surface area (Å²) in [5.41, 5.74) is 8.36. The number of aliphatic hydroxyl groups excluding tert-OH is 1. The molecule has 3 unspecified atom stereocenters. The van der Waals surface area contributed by atoms with Crippen LogP contribution in [0.4, 0.5) is 0 Å². The first-order valence-corrected chi connectivity index (χ1v) is 7.43. The van der Waals surface area contributed by atoms with Gasteiger partial charge >= 0.3 is 0 Å². The highest BCUT2D eigenvalue weighted by molar-refractivity contribution is 5.30. The number of ether oxygens (including phenoxy) is 1. The highest BCUT2D eigenvalue weighted by Crippen LogP contribution is 2.28. The average Bonchev–Trinajstić information content (AvgIpc) is 2.93. The largest absolute Gasteiger partial charge is 0.396 e. The van der Waals surface area contributed by atoms with Crippen LogP contribution in [0.5, 0.6) is 0 Å². The van der Waals surface area contributed by atoms with Gasteiger partial charge in [-0.3, -0.25) is 0 Å². The summed E-state index contributed by atoms with van der Waals surface area (Å²) < 4.78 is 5.27. The fourth-order valence-corrected chi connectivity index (χ4v) is 3.18. The Kier molecular flexibility index (Phi) is 5.98. The minimum absolute atomic E-state index is 0.124. The third-order valence-electron chi connectivity index (χ3n) is 4.27. The highest BCUT2D eigenvalue weighted by atomic mass is 16.5. The highest BCUT2D eigenvalue weighted by Gasteiger charge is 2.28. The zero-order chi connectivity index (χ0) is 14.4. The molecule has 4 heteroatoms. The molecule has 0 amide bonds. The summed E-state index contributed by atoms with van der Waals surface area (Å²) in [6, 6.07) is 8.75. The molecule has 0 aromatic heterocycles. The molecule has 0 saturated heterocycles. The number of hydrogen-bond acceptors (Lipinski definition) is 4. The van der Waals surface area contributed by atoms with Gasteiger partial charge in [0.15, 0.2) is 0 Å². The molecule has 20 heavy (non-hydrogen) atoms. The van der Waals surface area contributed by atoms with E-state index in [1.165, 1.54) is 17.5 Å². The van der Waals surface area contributed by atoms with E-state index in [0.717, 1.165) is 12.8 Å². The zero-order valence-electron chi connectivity index (χ0n) is 12.2. The Balaban J connectivity index is 2.11.